The van der Waals surface area contributed by atoms with Gasteiger partial charge in [0.1, 0.15) is 24.0 Å². The number of aromatic nitrogens is 3. The minimum absolute atomic E-state index is 0.143. The zero-order valence-electron chi connectivity index (χ0n) is 20.5. The van der Waals surface area contributed by atoms with Gasteiger partial charge in [-0.05, 0) is 23.6 Å². The summed E-state index contributed by atoms with van der Waals surface area (Å²) < 4.78 is 46.3. The van der Waals surface area contributed by atoms with Gasteiger partial charge < -0.3 is 20.4 Å². The molecule has 3 aromatic heterocycles. The molecule has 1 atom stereocenters. The average Bonchev–Trinajstić information content (AvgIpc) is 3.26. The number of benzene rings is 1. The molecule has 1 amide bonds. The van der Waals surface area contributed by atoms with Crippen LogP contribution in [0.2, 0.25) is 0 Å². The first-order valence-electron chi connectivity index (χ1n) is 11.8. The number of ether oxygens (including phenoxy) is 1. The SMILES string of the molecule is CC(C)[C@@H](C(N)=O)N(CC(F)(F)F)c1cncc(-c2c[nH]c3ncc(OCCc4ccccc4)cc23)c1. The minimum Gasteiger partial charge on any atom is -0.492 e. The third-order valence-electron chi connectivity index (χ3n) is 5.98. The maximum atomic E-state index is 13.5. The van der Waals surface area contributed by atoms with Gasteiger partial charge in [-0.15, -0.1) is 0 Å². The van der Waals surface area contributed by atoms with Gasteiger partial charge in [0.15, 0.2) is 0 Å². The Labute approximate surface area is 212 Å². The molecule has 4 aromatic rings. The predicted octanol–water partition coefficient (Wildman–Crippen LogP) is 5.13. The fraction of sp³-hybridized carbons (Fsp3) is 0.296. The lowest BCUT2D eigenvalue weighted by Gasteiger charge is -2.34. The first kappa shape index (κ1) is 26.0. The van der Waals surface area contributed by atoms with Crippen molar-refractivity contribution in [1.29, 1.82) is 0 Å². The van der Waals surface area contributed by atoms with Crippen LogP contribution in [0.3, 0.4) is 0 Å². The van der Waals surface area contributed by atoms with Crippen LogP contribution in [0.5, 0.6) is 5.75 Å². The van der Waals surface area contributed by atoms with Crippen molar-refractivity contribution in [3.05, 3.63) is 72.8 Å². The summed E-state index contributed by atoms with van der Waals surface area (Å²) in [5.74, 6) is -0.713. The number of alkyl halides is 3. The molecule has 0 spiro atoms. The second kappa shape index (κ2) is 10.9. The molecular weight excluding hydrogens is 483 g/mol. The van der Waals surface area contributed by atoms with Crippen LogP contribution in [0.1, 0.15) is 19.4 Å². The number of primary amides is 1. The summed E-state index contributed by atoms with van der Waals surface area (Å²) >= 11 is 0. The smallest absolute Gasteiger partial charge is 0.405 e. The van der Waals surface area contributed by atoms with Crippen LogP contribution in [-0.4, -0.2) is 46.2 Å². The van der Waals surface area contributed by atoms with E-state index in [9.17, 15) is 18.0 Å². The van der Waals surface area contributed by atoms with Crippen molar-refractivity contribution in [1.82, 2.24) is 15.0 Å². The molecule has 0 saturated heterocycles. The van der Waals surface area contributed by atoms with Gasteiger partial charge in [-0.25, -0.2) is 4.98 Å². The first-order valence-corrected chi connectivity index (χ1v) is 11.8. The van der Waals surface area contributed by atoms with Crippen LogP contribution in [0.15, 0.2) is 67.3 Å². The minimum atomic E-state index is -4.55. The molecule has 3 heterocycles. The summed E-state index contributed by atoms with van der Waals surface area (Å²) in [5, 5.41) is 0.730. The van der Waals surface area contributed by atoms with Gasteiger partial charge in [-0.1, -0.05) is 44.2 Å². The van der Waals surface area contributed by atoms with Crippen molar-refractivity contribution in [3.8, 4) is 16.9 Å². The van der Waals surface area contributed by atoms with E-state index >= 15 is 0 Å². The van der Waals surface area contributed by atoms with Gasteiger partial charge >= 0.3 is 6.18 Å². The number of pyridine rings is 2. The Morgan fingerprint density at radius 3 is 2.57 bits per heavy atom. The number of H-pyrrole nitrogens is 1. The molecule has 1 aromatic carbocycles. The number of rotatable bonds is 10. The number of anilines is 1. The van der Waals surface area contributed by atoms with Crippen LogP contribution >= 0.6 is 0 Å². The van der Waals surface area contributed by atoms with Crippen LogP contribution in [0.4, 0.5) is 18.9 Å². The summed E-state index contributed by atoms with van der Waals surface area (Å²) in [6.45, 7) is 2.43. The highest BCUT2D eigenvalue weighted by Gasteiger charge is 2.37. The zero-order chi connectivity index (χ0) is 26.6. The number of fused-ring (bicyclic) bond motifs is 1. The molecule has 10 heteroatoms. The number of nitrogens with two attached hydrogens (primary N) is 1. The molecule has 0 saturated carbocycles. The van der Waals surface area contributed by atoms with Crippen molar-refractivity contribution in [2.24, 2.45) is 11.7 Å². The lowest BCUT2D eigenvalue weighted by Crippen LogP contribution is -2.51. The molecule has 4 rings (SSSR count). The number of nitrogens with one attached hydrogen (secondary N) is 1. The van der Waals surface area contributed by atoms with Gasteiger partial charge in [0, 0.05) is 35.3 Å². The molecule has 3 N–H and O–H groups in total. The molecule has 0 radical (unpaired) electrons. The van der Waals surface area contributed by atoms with Gasteiger partial charge in [0.05, 0.1) is 24.7 Å². The van der Waals surface area contributed by atoms with Crippen molar-refractivity contribution in [3.63, 3.8) is 0 Å². The monoisotopic (exact) mass is 511 g/mol. The average molecular weight is 512 g/mol. The molecule has 7 nitrogen and oxygen atoms in total. The number of amides is 1. The van der Waals surface area contributed by atoms with Crippen LogP contribution in [0.25, 0.3) is 22.2 Å². The van der Waals surface area contributed by atoms with Crippen molar-refractivity contribution in [2.75, 3.05) is 18.1 Å². The van der Waals surface area contributed by atoms with E-state index in [2.05, 4.69) is 15.0 Å². The molecule has 194 valence electrons. The molecule has 0 fully saturated rings. The zero-order valence-corrected chi connectivity index (χ0v) is 20.5. The van der Waals surface area contributed by atoms with Crippen molar-refractivity contribution in [2.45, 2.75) is 32.5 Å². The maximum Gasteiger partial charge on any atom is 0.405 e. The number of hydrogen-bond acceptors (Lipinski definition) is 5. The lowest BCUT2D eigenvalue weighted by molar-refractivity contribution is -0.126. The highest BCUT2D eigenvalue weighted by atomic mass is 19.4. The van der Waals surface area contributed by atoms with E-state index in [1.807, 2.05) is 36.4 Å². The van der Waals surface area contributed by atoms with Crippen LogP contribution < -0.4 is 15.4 Å². The molecule has 0 aliphatic carbocycles. The van der Waals surface area contributed by atoms with Crippen molar-refractivity contribution < 1.29 is 22.7 Å². The number of carbonyl (C=O) groups is 1. The number of carbonyl (C=O) groups excluding carboxylic acids is 1. The Bertz CT molecular complexity index is 1360. The highest BCUT2D eigenvalue weighted by molar-refractivity contribution is 5.94. The van der Waals surface area contributed by atoms with E-state index in [4.69, 9.17) is 10.5 Å². The number of hydrogen-bond donors (Lipinski definition) is 2. The fourth-order valence-electron chi connectivity index (χ4n) is 4.35. The van der Waals surface area contributed by atoms with E-state index in [1.165, 1.54) is 6.20 Å². The summed E-state index contributed by atoms with van der Waals surface area (Å²) in [6.07, 6.45) is 2.38. The molecule has 0 aliphatic rings. The Morgan fingerprint density at radius 1 is 1.14 bits per heavy atom. The van der Waals surface area contributed by atoms with Gasteiger partial charge in [-0.3, -0.25) is 9.78 Å². The lowest BCUT2D eigenvalue weighted by atomic mass is 10.0. The molecule has 0 bridgehead atoms. The maximum absolute atomic E-state index is 13.5. The Kier molecular flexibility index (Phi) is 7.66. The third kappa shape index (κ3) is 6.38. The number of nitrogens with zero attached hydrogens (tertiary/aromatic N) is 3. The predicted molar refractivity (Wildman–Crippen MR) is 136 cm³/mol. The normalized spacial score (nSPS) is 12.6. The van der Waals surface area contributed by atoms with Gasteiger partial charge in [-0.2, -0.15) is 13.2 Å². The van der Waals surface area contributed by atoms with Crippen LogP contribution in [0, 0.1) is 5.92 Å². The third-order valence-corrected chi connectivity index (χ3v) is 5.98. The quantitative estimate of drug-likeness (QED) is 0.308. The highest BCUT2D eigenvalue weighted by Crippen LogP contribution is 2.33. The Morgan fingerprint density at radius 2 is 1.89 bits per heavy atom. The van der Waals surface area contributed by atoms with Crippen LogP contribution in [-0.2, 0) is 11.2 Å². The summed E-state index contributed by atoms with van der Waals surface area (Å²) in [6, 6.07) is 12.2. The standard InChI is InChI=1S/C27H28F3N5O2/c1-17(2)24(25(31)36)35(16-27(28,29)30)20-10-19(12-32-13-20)23-15-34-26-22(23)11-21(14-33-26)37-9-8-18-6-4-3-5-7-18/h3-7,10-15,17,24H,8-9,16H2,1-2H3,(H2,31,36)(H,33,34)/t24-/m0/s1. The molecule has 0 unspecified atom stereocenters. The summed E-state index contributed by atoms with van der Waals surface area (Å²) in [4.78, 5) is 24.7. The first-order chi connectivity index (χ1) is 17.6. The Balaban J connectivity index is 1.64. The topological polar surface area (TPSA) is 97.1 Å². The fourth-order valence-corrected chi connectivity index (χ4v) is 4.35. The van der Waals surface area contributed by atoms with E-state index in [0.717, 1.165) is 22.3 Å². The number of aromatic amines is 1. The van der Waals surface area contributed by atoms with E-state index in [1.54, 1.807) is 38.5 Å². The second-order valence-electron chi connectivity index (χ2n) is 9.12. The van der Waals surface area contributed by atoms with E-state index in [-0.39, 0.29) is 5.69 Å². The van der Waals surface area contributed by atoms with Gasteiger partial charge in [0.25, 0.3) is 0 Å². The van der Waals surface area contributed by atoms with E-state index < -0.39 is 30.6 Å². The van der Waals surface area contributed by atoms with Gasteiger partial charge in [0.2, 0.25) is 5.91 Å². The molecular formula is C27H28F3N5O2. The number of halogens is 3. The Hall–Kier alpha value is -4.08. The molecule has 0 aliphatic heterocycles. The molecule has 37 heavy (non-hydrogen) atoms. The largest absolute Gasteiger partial charge is 0.492 e. The van der Waals surface area contributed by atoms with E-state index in [0.29, 0.717) is 29.1 Å². The summed E-state index contributed by atoms with van der Waals surface area (Å²) in [5.41, 5.74) is 8.65. The van der Waals surface area contributed by atoms with Crippen molar-refractivity contribution >= 4 is 22.6 Å². The summed E-state index contributed by atoms with van der Waals surface area (Å²) in [7, 11) is 0. The second-order valence-corrected chi connectivity index (χ2v) is 9.12.